The van der Waals surface area contributed by atoms with Gasteiger partial charge in [-0.05, 0) is 31.4 Å². The van der Waals surface area contributed by atoms with Gasteiger partial charge in [-0.25, -0.2) is 4.98 Å². The number of hydrogen-bond acceptors (Lipinski definition) is 1. The highest BCUT2D eigenvalue weighted by atomic mass is 15.1. The van der Waals surface area contributed by atoms with Crippen molar-refractivity contribution in [2.75, 3.05) is 0 Å². The largest absolute Gasteiger partial charge is 0.324 e. The smallest absolute Gasteiger partial charge is 0.0956 e. The molecule has 2 heteroatoms. The SMILES string of the molecule is CCCCCCC=Cc1cncn1[C@H](C)c1ccccc1. The first kappa shape index (κ1) is 15.6. The molecule has 0 spiro atoms. The lowest BCUT2D eigenvalue weighted by Gasteiger charge is -2.15. The molecular weight excluding hydrogens is 256 g/mol. The number of benzene rings is 1. The molecule has 0 aliphatic carbocycles. The van der Waals surface area contributed by atoms with Crippen LogP contribution >= 0.6 is 0 Å². The van der Waals surface area contributed by atoms with E-state index in [9.17, 15) is 0 Å². The standard InChI is InChI=1S/C19H26N2/c1-3-4-5-6-7-11-14-19-15-20-16-21(19)17(2)18-12-9-8-10-13-18/h8-17H,3-7H2,1-2H3/t17-/m1/s1. The molecule has 2 nitrogen and oxygen atoms in total. The van der Waals surface area contributed by atoms with Crippen molar-refractivity contribution in [2.45, 2.75) is 52.0 Å². The fourth-order valence-electron chi connectivity index (χ4n) is 2.55. The topological polar surface area (TPSA) is 17.8 Å². The number of hydrogen-bond donors (Lipinski definition) is 0. The van der Waals surface area contributed by atoms with E-state index in [1.165, 1.54) is 36.9 Å². The van der Waals surface area contributed by atoms with E-state index >= 15 is 0 Å². The number of unbranched alkanes of at least 4 members (excludes halogenated alkanes) is 4. The van der Waals surface area contributed by atoms with Crippen molar-refractivity contribution in [3.63, 3.8) is 0 Å². The van der Waals surface area contributed by atoms with Gasteiger partial charge in [0.1, 0.15) is 0 Å². The molecule has 0 saturated heterocycles. The van der Waals surface area contributed by atoms with Crippen LogP contribution in [-0.4, -0.2) is 9.55 Å². The number of allylic oxidation sites excluding steroid dienone is 1. The number of imidazole rings is 1. The minimum Gasteiger partial charge on any atom is -0.324 e. The molecule has 1 aromatic heterocycles. The Bertz CT molecular complexity index is 540. The lowest BCUT2D eigenvalue weighted by Crippen LogP contribution is -2.06. The minimum atomic E-state index is 0.313. The molecule has 0 N–H and O–H groups in total. The van der Waals surface area contributed by atoms with E-state index in [2.05, 4.69) is 65.9 Å². The molecule has 1 aromatic carbocycles. The van der Waals surface area contributed by atoms with Crippen molar-refractivity contribution in [2.24, 2.45) is 0 Å². The second kappa shape index (κ2) is 8.46. The Balaban J connectivity index is 1.97. The van der Waals surface area contributed by atoms with Gasteiger partial charge in [-0.1, -0.05) is 62.6 Å². The molecular formula is C19H26N2. The van der Waals surface area contributed by atoms with Gasteiger partial charge < -0.3 is 4.57 Å². The Hall–Kier alpha value is -1.83. The third-order valence-electron chi connectivity index (χ3n) is 3.91. The highest BCUT2D eigenvalue weighted by Gasteiger charge is 2.09. The van der Waals surface area contributed by atoms with E-state index in [0.717, 1.165) is 6.42 Å². The van der Waals surface area contributed by atoms with Crippen LogP contribution in [0.25, 0.3) is 6.08 Å². The summed E-state index contributed by atoms with van der Waals surface area (Å²) in [5, 5.41) is 0. The normalized spacial score (nSPS) is 12.9. The zero-order valence-electron chi connectivity index (χ0n) is 13.2. The Kier molecular flexibility index (Phi) is 6.26. The minimum absolute atomic E-state index is 0.313. The highest BCUT2D eigenvalue weighted by Crippen LogP contribution is 2.20. The molecule has 0 amide bonds. The maximum absolute atomic E-state index is 4.31. The van der Waals surface area contributed by atoms with Gasteiger partial charge in [0.2, 0.25) is 0 Å². The monoisotopic (exact) mass is 282 g/mol. The molecule has 0 aliphatic heterocycles. The summed E-state index contributed by atoms with van der Waals surface area (Å²) in [5.74, 6) is 0. The second-order valence-corrected chi connectivity index (χ2v) is 5.56. The molecule has 0 saturated carbocycles. The van der Waals surface area contributed by atoms with Crippen molar-refractivity contribution >= 4 is 6.08 Å². The van der Waals surface area contributed by atoms with Crippen LogP contribution < -0.4 is 0 Å². The number of aromatic nitrogens is 2. The summed E-state index contributed by atoms with van der Waals surface area (Å²) in [5.41, 5.74) is 2.50. The first-order valence-electron chi connectivity index (χ1n) is 8.06. The fourth-order valence-corrected chi connectivity index (χ4v) is 2.55. The maximum Gasteiger partial charge on any atom is 0.0956 e. The molecule has 112 valence electrons. The summed E-state index contributed by atoms with van der Waals surface area (Å²) in [6.45, 7) is 4.47. The van der Waals surface area contributed by atoms with Gasteiger partial charge in [-0.15, -0.1) is 0 Å². The van der Waals surface area contributed by atoms with E-state index in [-0.39, 0.29) is 0 Å². The molecule has 0 radical (unpaired) electrons. The maximum atomic E-state index is 4.31. The summed E-state index contributed by atoms with van der Waals surface area (Å²) < 4.78 is 2.23. The average molecular weight is 282 g/mol. The van der Waals surface area contributed by atoms with Gasteiger partial charge in [0.05, 0.1) is 24.3 Å². The third-order valence-corrected chi connectivity index (χ3v) is 3.91. The van der Waals surface area contributed by atoms with Gasteiger partial charge >= 0.3 is 0 Å². The summed E-state index contributed by atoms with van der Waals surface area (Å²) in [7, 11) is 0. The van der Waals surface area contributed by atoms with Crippen molar-refractivity contribution in [3.8, 4) is 0 Å². The second-order valence-electron chi connectivity index (χ2n) is 5.56. The van der Waals surface area contributed by atoms with Crippen LogP contribution in [0.3, 0.4) is 0 Å². The van der Waals surface area contributed by atoms with Crippen LogP contribution in [-0.2, 0) is 0 Å². The highest BCUT2D eigenvalue weighted by molar-refractivity contribution is 5.44. The van der Waals surface area contributed by atoms with Crippen LogP contribution in [0, 0.1) is 0 Å². The van der Waals surface area contributed by atoms with Crippen LogP contribution in [0.15, 0.2) is 48.9 Å². The first-order valence-corrected chi connectivity index (χ1v) is 8.06. The molecule has 2 rings (SSSR count). The summed E-state index contributed by atoms with van der Waals surface area (Å²) in [4.78, 5) is 4.31. The summed E-state index contributed by atoms with van der Waals surface area (Å²) in [6.07, 6.45) is 14.8. The van der Waals surface area contributed by atoms with Crippen LogP contribution in [0.2, 0.25) is 0 Å². The predicted octanol–water partition coefficient (Wildman–Crippen LogP) is 5.48. The van der Waals surface area contributed by atoms with Crippen molar-refractivity contribution in [3.05, 3.63) is 60.2 Å². The summed E-state index contributed by atoms with van der Waals surface area (Å²) in [6, 6.07) is 10.9. The van der Waals surface area contributed by atoms with Gasteiger partial charge in [0.15, 0.2) is 0 Å². The zero-order valence-corrected chi connectivity index (χ0v) is 13.2. The van der Waals surface area contributed by atoms with E-state index in [4.69, 9.17) is 0 Å². The molecule has 0 bridgehead atoms. The molecule has 1 atom stereocenters. The van der Waals surface area contributed by atoms with Crippen LogP contribution in [0.1, 0.15) is 63.3 Å². The molecule has 0 unspecified atom stereocenters. The third kappa shape index (κ3) is 4.59. The van der Waals surface area contributed by atoms with Gasteiger partial charge in [-0.3, -0.25) is 0 Å². The zero-order chi connectivity index (χ0) is 14.9. The van der Waals surface area contributed by atoms with E-state index < -0.39 is 0 Å². The Labute approximate surface area is 128 Å². The molecule has 1 heterocycles. The van der Waals surface area contributed by atoms with Crippen LogP contribution in [0.4, 0.5) is 0 Å². The quantitative estimate of drug-likeness (QED) is 0.586. The van der Waals surface area contributed by atoms with Gasteiger partial charge in [0, 0.05) is 0 Å². The van der Waals surface area contributed by atoms with Crippen molar-refractivity contribution < 1.29 is 0 Å². The number of nitrogens with zero attached hydrogens (tertiary/aromatic N) is 2. The van der Waals surface area contributed by atoms with Crippen molar-refractivity contribution in [1.29, 1.82) is 0 Å². The molecule has 21 heavy (non-hydrogen) atoms. The number of rotatable bonds is 8. The molecule has 0 fully saturated rings. The average Bonchev–Trinajstić information content (AvgIpc) is 2.99. The summed E-state index contributed by atoms with van der Waals surface area (Å²) >= 11 is 0. The van der Waals surface area contributed by atoms with E-state index in [1.54, 1.807) is 0 Å². The van der Waals surface area contributed by atoms with Gasteiger partial charge in [-0.2, -0.15) is 0 Å². The van der Waals surface area contributed by atoms with E-state index in [0.29, 0.717) is 6.04 Å². The Morgan fingerprint density at radius 2 is 1.95 bits per heavy atom. The Morgan fingerprint density at radius 3 is 2.71 bits per heavy atom. The molecule has 0 aliphatic rings. The van der Waals surface area contributed by atoms with Crippen LogP contribution in [0.5, 0.6) is 0 Å². The van der Waals surface area contributed by atoms with Gasteiger partial charge in [0.25, 0.3) is 0 Å². The Morgan fingerprint density at radius 1 is 1.14 bits per heavy atom. The lowest BCUT2D eigenvalue weighted by atomic mass is 10.1. The van der Waals surface area contributed by atoms with Crippen molar-refractivity contribution in [1.82, 2.24) is 9.55 Å². The first-order chi connectivity index (χ1) is 10.3. The van der Waals surface area contributed by atoms with E-state index in [1.807, 2.05) is 12.5 Å². The molecule has 2 aromatic rings. The fraction of sp³-hybridized carbons (Fsp3) is 0.421. The predicted molar refractivity (Wildman–Crippen MR) is 90.3 cm³/mol. The lowest BCUT2D eigenvalue weighted by molar-refractivity contribution is 0.633.